The summed E-state index contributed by atoms with van der Waals surface area (Å²) in [4.78, 5) is 26.0. The maximum absolute atomic E-state index is 11.8. The Morgan fingerprint density at radius 2 is 2.11 bits per heavy atom. The molecular weight excluding hydrogens is 234 g/mol. The molecule has 5 heteroatoms. The second kappa shape index (κ2) is 4.52. The van der Waals surface area contributed by atoms with Crippen molar-refractivity contribution in [1.82, 2.24) is 4.98 Å². The van der Waals surface area contributed by atoms with Gasteiger partial charge in [0.05, 0.1) is 17.8 Å². The molecule has 0 radical (unpaired) electrons. The molecule has 2 aromatic rings. The number of carbonyl (C=O) groups is 2. The van der Waals surface area contributed by atoms with E-state index in [9.17, 15) is 14.7 Å². The number of ether oxygens (including phenoxy) is 1. The summed E-state index contributed by atoms with van der Waals surface area (Å²) >= 11 is 0. The lowest BCUT2D eigenvalue weighted by Crippen LogP contribution is -2.18. The van der Waals surface area contributed by atoms with Gasteiger partial charge in [0.2, 0.25) is 0 Å². The number of hydrogen-bond acceptors (Lipinski definition) is 4. The Labute approximate surface area is 103 Å². The van der Waals surface area contributed by atoms with E-state index in [-0.39, 0.29) is 18.1 Å². The van der Waals surface area contributed by atoms with Gasteiger partial charge in [-0.25, -0.2) is 4.79 Å². The van der Waals surface area contributed by atoms with Gasteiger partial charge in [0.25, 0.3) is 5.78 Å². The Hall–Kier alpha value is -2.30. The molecule has 0 atom stereocenters. The minimum atomic E-state index is -0.897. The highest BCUT2D eigenvalue weighted by atomic mass is 16.5. The van der Waals surface area contributed by atoms with Crippen LogP contribution in [0.25, 0.3) is 10.9 Å². The fourth-order valence-electron chi connectivity index (χ4n) is 1.86. The van der Waals surface area contributed by atoms with Gasteiger partial charge in [0.1, 0.15) is 5.75 Å². The van der Waals surface area contributed by atoms with Gasteiger partial charge in [0, 0.05) is 5.39 Å². The predicted molar refractivity (Wildman–Crippen MR) is 65.7 cm³/mol. The van der Waals surface area contributed by atoms with Crippen LogP contribution >= 0.6 is 0 Å². The minimum absolute atomic E-state index is 0.0403. The number of aromatic nitrogens is 1. The summed E-state index contributed by atoms with van der Waals surface area (Å²) in [5.74, 6) is -1.59. The molecule has 2 N–H and O–H groups in total. The third-order valence-corrected chi connectivity index (χ3v) is 2.76. The van der Waals surface area contributed by atoms with Gasteiger partial charge < -0.3 is 14.8 Å². The smallest absolute Gasteiger partial charge is 0.381 e. The van der Waals surface area contributed by atoms with Crippen molar-refractivity contribution in [2.24, 2.45) is 0 Å². The van der Waals surface area contributed by atoms with Crippen LogP contribution in [0.2, 0.25) is 0 Å². The Bertz CT molecular complexity index is 627. The summed E-state index contributed by atoms with van der Waals surface area (Å²) < 4.78 is 4.67. The number of hydrogen-bond donors (Lipinski definition) is 2. The lowest BCUT2D eigenvalue weighted by Gasteiger charge is -1.99. The molecule has 0 unspecified atom stereocenters. The second-order valence-corrected chi connectivity index (χ2v) is 3.87. The van der Waals surface area contributed by atoms with E-state index in [0.29, 0.717) is 16.5 Å². The highest BCUT2D eigenvalue weighted by Gasteiger charge is 2.23. The number of nitrogens with one attached hydrogen (secondary N) is 1. The van der Waals surface area contributed by atoms with Crippen molar-refractivity contribution in [2.75, 3.05) is 6.61 Å². The molecule has 1 heterocycles. The molecule has 0 amide bonds. The maximum Gasteiger partial charge on any atom is 0.381 e. The third kappa shape index (κ3) is 1.84. The zero-order valence-corrected chi connectivity index (χ0v) is 10.1. The van der Waals surface area contributed by atoms with Crippen molar-refractivity contribution in [1.29, 1.82) is 0 Å². The van der Waals surface area contributed by atoms with Crippen LogP contribution in [0.15, 0.2) is 18.2 Å². The number of esters is 1. The van der Waals surface area contributed by atoms with Crippen LogP contribution in [-0.4, -0.2) is 28.4 Å². The zero-order valence-electron chi connectivity index (χ0n) is 10.1. The number of fused-ring (bicyclic) bond motifs is 1. The number of aromatic amines is 1. The molecule has 1 aromatic carbocycles. The van der Waals surface area contributed by atoms with E-state index < -0.39 is 11.8 Å². The first-order chi connectivity index (χ1) is 8.56. The zero-order chi connectivity index (χ0) is 13.3. The molecule has 94 valence electrons. The number of rotatable bonds is 3. The predicted octanol–water partition coefficient (Wildman–Crippen LogP) is 1.93. The molecule has 0 aliphatic carbocycles. The van der Waals surface area contributed by atoms with E-state index in [1.807, 2.05) is 0 Å². The monoisotopic (exact) mass is 247 g/mol. The summed E-state index contributed by atoms with van der Waals surface area (Å²) in [6, 6.07) is 4.96. The maximum atomic E-state index is 11.8. The third-order valence-electron chi connectivity index (χ3n) is 2.76. The number of phenolic OH excluding ortho intramolecular Hbond substituents is 1. The second-order valence-electron chi connectivity index (χ2n) is 3.87. The largest absolute Gasteiger partial charge is 0.506 e. The average Bonchev–Trinajstić information content (AvgIpc) is 2.68. The highest BCUT2D eigenvalue weighted by Crippen LogP contribution is 2.28. The van der Waals surface area contributed by atoms with Gasteiger partial charge in [-0.1, -0.05) is 12.1 Å². The summed E-state index contributed by atoms with van der Waals surface area (Å²) in [5, 5.41) is 10.4. The fourth-order valence-corrected chi connectivity index (χ4v) is 1.86. The van der Waals surface area contributed by atoms with Crippen LogP contribution in [0.4, 0.5) is 0 Å². The molecule has 0 spiro atoms. The van der Waals surface area contributed by atoms with Crippen LogP contribution in [0.3, 0.4) is 0 Å². The standard InChI is InChI=1S/C13H13NO4/c1-3-18-13(17)12(16)10-7(2)8-5-4-6-9(15)11(8)14-10/h4-6,14-15H,3H2,1-2H3. The van der Waals surface area contributed by atoms with E-state index in [1.165, 1.54) is 6.07 Å². The summed E-state index contributed by atoms with van der Waals surface area (Å²) in [7, 11) is 0. The fraction of sp³-hybridized carbons (Fsp3) is 0.231. The molecule has 5 nitrogen and oxygen atoms in total. The van der Waals surface area contributed by atoms with Crippen molar-refractivity contribution in [3.63, 3.8) is 0 Å². The first-order valence-electron chi connectivity index (χ1n) is 5.58. The number of ketones is 1. The van der Waals surface area contributed by atoms with Gasteiger partial charge in [-0.05, 0) is 25.5 Å². The number of phenols is 1. The van der Waals surface area contributed by atoms with E-state index >= 15 is 0 Å². The van der Waals surface area contributed by atoms with Gasteiger partial charge >= 0.3 is 5.97 Å². The summed E-state index contributed by atoms with van der Waals surface area (Å²) in [6.45, 7) is 3.49. The molecule has 0 saturated heterocycles. The van der Waals surface area contributed by atoms with Crippen molar-refractivity contribution < 1.29 is 19.4 Å². The lowest BCUT2D eigenvalue weighted by molar-refractivity contribution is -0.137. The molecule has 0 fully saturated rings. The first-order valence-corrected chi connectivity index (χ1v) is 5.58. The molecule has 0 bridgehead atoms. The Morgan fingerprint density at radius 3 is 2.72 bits per heavy atom. The van der Waals surface area contributed by atoms with Crippen molar-refractivity contribution >= 4 is 22.7 Å². The Balaban J connectivity index is 2.52. The normalized spacial score (nSPS) is 10.6. The van der Waals surface area contributed by atoms with Gasteiger partial charge in [-0.15, -0.1) is 0 Å². The number of para-hydroxylation sites is 1. The molecule has 0 aliphatic heterocycles. The van der Waals surface area contributed by atoms with Gasteiger partial charge in [-0.2, -0.15) is 0 Å². The molecule has 18 heavy (non-hydrogen) atoms. The van der Waals surface area contributed by atoms with E-state index in [2.05, 4.69) is 9.72 Å². The molecular formula is C13H13NO4. The molecule has 0 aliphatic rings. The number of aromatic hydroxyl groups is 1. The van der Waals surface area contributed by atoms with Crippen molar-refractivity contribution in [3.8, 4) is 5.75 Å². The van der Waals surface area contributed by atoms with Crippen LogP contribution < -0.4 is 0 Å². The number of aryl methyl sites for hydroxylation is 1. The summed E-state index contributed by atoms with van der Waals surface area (Å²) in [5.41, 5.74) is 1.23. The number of H-pyrrole nitrogens is 1. The molecule has 1 aromatic heterocycles. The van der Waals surface area contributed by atoms with Gasteiger partial charge in [-0.3, -0.25) is 4.79 Å². The van der Waals surface area contributed by atoms with Crippen molar-refractivity contribution in [2.45, 2.75) is 13.8 Å². The number of benzene rings is 1. The first kappa shape index (κ1) is 12.2. The Morgan fingerprint density at radius 1 is 1.39 bits per heavy atom. The van der Waals surface area contributed by atoms with Crippen LogP contribution in [0.5, 0.6) is 5.75 Å². The van der Waals surface area contributed by atoms with Gasteiger partial charge in [0.15, 0.2) is 0 Å². The number of carbonyl (C=O) groups excluding carboxylic acids is 2. The Kier molecular flexibility index (Phi) is 3.06. The lowest BCUT2D eigenvalue weighted by atomic mass is 10.1. The molecule has 2 rings (SSSR count). The minimum Gasteiger partial charge on any atom is -0.506 e. The van der Waals surface area contributed by atoms with E-state index in [0.717, 1.165) is 0 Å². The molecule has 0 saturated carbocycles. The topological polar surface area (TPSA) is 79.4 Å². The van der Waals surface area contributed by atoms with E-state index in [4.69, 9.17) is 0 Å². The van der Waals surface area contributed by atoms with Crippen LogP contribution in [0.1, 0.15) is 23.0 Å². The SMILES string of the molecule is CCOC(=O)C(=O)c1[nH]c2c(O)cccc2c1C. The van der Waals surface area contributed by atoms with Crippen molar-refractivity contribution in [3.05, 3.63) is 29.5 Å². The quantitative estimate of drug-likeness (QED) is 0.493. The summed E-state index contributed by atoms with van der Waals surface area (Å²) in [6.07, 6.45) is 0. The van der Waals surface area contributed by atoms with Crippen LogP contribution in [0, 0.1) is 6.92 Å². The van der Waals surface area contributed by atoms with E-state index in [1.54, 1.807) is 26.0 Å². The number of Topliss-reactive ketones (excluding diaryl/α,β-unsaturated/α-hetero) is 1. The average molecular weight is 247 g/mol. The highest BCUT2D eigenvalue weighted by molar-refractivity contribution is 6.41. The van der Waals surface area contributed by atoms with Crippen LogP contribution in [-0.2, 0) is 9.53 Å².